The monoisotopic (exact) mass is 298 g/mol. The Morgan fingerprint density at radius 3 is 2.68 bits per heavy atom. The van der Waals surface area contributed by atoms with E-state index in [0.29, 0.717) is 23.0 Å². The van der Waals surface area contributed by atoms with Crippen molar-refractivity contribution >= 4 is 5.78 Å². The molecule has 2 aliphatic rings. The summed E-state index contributed by atoms with van der Waals surface area (Å²) >= 11 is 0. The molecule has 2 heteroatoms. The standard InChI is InChI=1S/C20H26O2/c1-12-6-8-15-16(20(15,4)5)10-14(3)19(21)18-11-13(2)17(22-18)9-7-12/h7,10-11,15-16H,6,8-9H2,1-5H3. The van der Waals surface area contributed by atoms with E-state index < -0.39 is 0 Å². The molecule has 2 bridgehead atoms. The highest BCUT2D eigenvalue weighted by Gasteiger charge is 2.55. The maximum Gasteiger partial charge on any atom is 0.223 e. The second kappa shape index (κ2) is 5.26. The Bertz CT molecular complexity index is 670. The molecule has 22 heavy (non-hydrogen) atoms. The minimum atomic E-state index is 0.0377. The summed E-state index contributed by atoms with van der Waals surface area (Å²) in [6, 6.07) is 1.89. The number of aryl methyl sites for hydroxylation is 1. The number of furan rings is 1. The van der Waals surface area contributed by atoms with Crippen LogP contribution in [0.3, 0.4) is 0 Å². The van der Waals surface area contributed by atoms with Gasteiger partial charge in [-0.05, 0) is 68.1 Å². The van der Waals surface area contributed by atoms with Gasteiger partial charge in [0.05, 0.1) is 0 Å². The van der Waals surface area contributed by atoms with E-state index in [0.717, 1.165) is 29.7 Å². The molecular weight excluding hydrogens is 272 g/mol. The zero-order chi connectivity index (χ0) is 16.1. The number of Topliss-reactive ketones (excluding diaryl/α,β-unsaturated/α-hetero) is 1. The van der Waals surface area contributed by atoms with Crippen LogP contribution < -0.4 is 0 Å². The highest BCUT2D eigenvalue weighted by Crippen LogP contribution is 2.61. The number of rotatable bonds is 0. The van der Waals surface area contributed by atoms with Crippen LogP contribution in [0.25, 0.3) is 0 Å². The van der Waals surface area contributed by atoms with E-state index in [1.807, 2.05) is 19.9 Å². The van der Waals surface area contributed by atoms with Crippen LogP contribution >= 0.6 is 0 Å². The van der Waals surface area contributed by atoms with Crippen molar-refractivity contribution in [1.29, 1.82) is 0 Å². The number of ketones is 1. The van der Waals surface area contributed by atoms with Crippen LogP contribution in [0.1, 0.15) is 62.4 Å². The summed E-state index contributed by atoms with van der Waals surface area (Å²) in [5.74, 6) is 2.64. The first-order chi connectivity index (χ1) is 10.3. The molecule has 0 N–H and O–H groups in total. The third kappa shape index (κ3) is 2.60. The lowest BCUT2D eigenvalue weighted by molar-refractivity contribution is 0.100. The van der Waals surface area contributed by atoms with Gasteiger partial charge >= 0.3 is 0 Å². The SMILES string of the molecule is CC1=CCc2oc(cc2C)C(=O)C(C)=CC2C(CC1)C2(C)C. The molecule has 1 fully saturated rings. The Morgan fingerprint density at radius 1 is 1.23 bits per heavy atom. The Labute approximate surface area is 133 Å². The quantitative estimate of drug-likeness (QED) is 0.611. The summed E-state index contributed by atoms with van der Waals surface area (Å²) in [6.45, 7) is 10.8. The van der Waals surface area contributed by atoms with E-state index in [9.17, 15) is 4.79 Å². The average Bonchev–Trinajstić information content (AvgIpc) is 2.79. The fourth-order valence-electron chi connectivity index (χ4n) is 3.79. The topological polar surface area (TPSA) is 30.2 Å². The van der Waals surface area contributed by atoms with Gasteiger partial charge in [0, 0.05) is 6.42 Å². The minimum Gasteiger partial charge on any atom is -0.457 e. The molecule has 1 aromatic heterocycles. The van der Waals surface area contributed by atoms with Gasteiger partial charge in [0.25, 0.3) is 0 Å². The molecule has 0 amide bonds. The molecule has 0 radical (unpaired) electrons. The first-order valence-corrected chi connectivity index (χ1v) is 8.28. The zero-order valence-corrected chi connectivity index (χ0v) is 14.3. The maximum atomic E-state index is 12.6. The Balaban J connectivity index is 1.99. The van der Waals surface area contributed by atoms with E-state index in [-0.39, 0.29) is 5.78 Å². The zero-order valence-electron chi connectivity index (χ0n) is 14.3. The second-order valence-electron chi connectivity index (χ2n) is 7.64. The van der Waals surface area contributed by atoms with Gasteiger partial charge in [0.1, 0.15) is 5.76 Å². The van der Waals surface area contributed by atoms with Crippen LogP contribution in [0.4, 0.5) is 0 Å². The first kappa shape index (κ1) is 15.3. The van der Waals surface area contributed by atoms with Crippen LogP contribution in [0.2, 0.25) is 0 Å². The fraction of sp³-hybridized carbons (Fsp3) is 0.550. The average molecular weight is 298 g/mol. The number of fused-ring (bicyclic) bond motifs is 3. The first-order valence-electron chi connectivity index (χ1n) is 8.28. The number of carbonyl (C=O) groups excluding carboxylic acids is 1. The molecule has 1 aliphatic heterocycles. The third-order valence-electron chi connectivity index (χ3n) is 5.66. The summed E-state index contributed by atoms with van der Waals surface area (Å²) in [7, 11) is 0. The van der Waals surface area contributed by atoms with Crippen molar-refractivity contribution in [2.75, 3.05) is 0 Å². The molecule has 1 aromatic rings. The molecule has 0 aromatic carbocycles. The van der Waals surface area contributed by atoms with Crippen molar-refractivity contribution in [3.8, 4) is 0 Å². The van der Waals surface area contributed by atoms with Crippen molar-refractivity contribution in [2.24, 2.45) is 17.3 Å². The molecular formula is C20H26O2. The maximum absolute atomic E-state index is 12.6. The summed E-state index contributed by atoms with van der Waals surface area (Å²) in [6.07, 6.45) is 7.56. The van der Waals surface area contributed by atoms with Crippen LogP contribution in [-0.2, 0) is 6.42 Å². The molecule has 3 rings (SSSR count). The molecule has 0 saturated heterocycles. The molecule has 118 valence electrons. The van der Waals surface area contributed by atoms with E-state index >= 15 is 0 Å². The van der Waals surface area contributed by atoms with Gasteiger partial charge in [0.15, 0.2) is 5.76 Å². The summed E-state index contributed by atoms with van der Waals surface area (Å²) in [5, 5.41) is 0. The van der Waals surface area contributed by atoms with Crippen molar-refractivity contribution < 1.29 is 9.21 Å². The Morgan fingerprint density at radius 2 is 1.95 bits per heavy atom. The molecule has 2 unspecified atom stereocenters. The Hall–Kier alpha value is -1.57. The Kier molecular flexibility index (Phi) is 3.66. The van der Waals surface area contributed by atoms with E-state index in [1.165, 1.54) is 12.0 Å². The third-order valence-corrected chi connectivity index (χ3v) is 5.66. The molecule has 1 aliphatic carbocycles. The minimum absolute atomic E-state index is 0.0377. The van der Waals surface area contributed by atoms with Crippen molar-refractivity contribution in [2.45, 2.75) is 53.9 Å². The van der Waals surface area contributed by atoms with Crippen LogP contribution in [-0.4, -0.2) is 5.78 Å². The highest BCUT2D eigenvalue weighted by molar-refractivity contribution is 6.06. The van der Waals surface area contributed by atoms with Gasteiger partial charge in [-0.3, -0.25) is 4.79 Å². The van der Waals surface area contributed by atoms with Gasteiger partial charge < -0.3 is 4.42 Å². The summed E-state index contributed by atoms with van der Waals surface area (Å²) < 4.78 is 5.82. The van der Waals surface area contributed by atoms with Crippen molar-refractivity contribution in [3.63, 3.8) is 0 Å². The van der Waals surface area contributed by atoms with Crippen LogP contribution in [0, 0.1) is 24.2 Å². The molecule has 2 atom stereocenters. The fourth-order valence-corrected chi connectivity index (χ4v) is 3.79. The molecule has 1 saturated carbocycles. The van der Waals surface area contributed by atoms with Crippen molar-refractivity contribution in [1.82, 2.24) is 0 Å². The van der Waals surface area contributed by atoms with Crippen LogP contribution in [0.15, 0.2) is 33.8 Å². The summed E-state index contributed by atoms with van der Waals surface area (Å²) in [5.41, 5.74) is 3.63. The van der Waals surface area contributed by atoms with Gasteiger partial charge in [-0.1, -0.05) is 31.6 Å². The lowest BCUT2D eigenvalue weighted by Gasteiger charge is -2.04. The lowest BCUT2D eigenvalue weighted by atomic mass is 10.0. The number of hydrogen-bond donors (Lipinski definition) is 0. The number of carbonyl (C=O) groups is 1. The highest BCUT2D eigenvalue weighted by atomic mass is 16.3. The largest absolute Gasteiger partial charge is 0.457 e. The normalized spacial score (nSPS) is 27.8. The second-order valence-corrected chi connectivity index (χ2v) is 7.64. The van der Waals surface area contributed by atoms with Gasteiger partial charge in [-0.2, -0.15) is 0 Å². The smallest absolute Gasteiger partial charge is 0.223 e. The predicted octanol–water partition coefficient (Wildman–Crippen LogP) is 5.27. The van der Waals surface area contributed by atoms with E-state index in [4.69, 9.17) is 4.42 Å². The predicted molar refractivity (Wildman–Crippen MR) is 89.0 cm³/mol. The number of hydrogen-bond acceptors (Lipinski definition) is 2. The summed E-state index contributed by atoms with van der Waals surface area (Å²) in [4.78, 5) is 12.6. The van der Waals surface area contributed by atoms with E-state index in [2.05, 4.69) is 32.9 Å². The number of allylic oxidation sites excluding steroid dienone is 4. The van der Waals surface area contributed by atoms with Gasteiger partial charge in [0.2, 0.25) is 5.78 Å². The molecule has 0 spiro atoms. The van der Waals surface area contributed by atoms with Gasteiger partial charge in [-0.25, -0.2) is 0 Å². The lowest BCUT2D eigenvalue weighted by Crippen LogP contribution is -2.00. The van der Waals surface area contributed by atoms with Gasteiger partial charge in [-0.15, -0.1) is 0 Å². The molecule has 2 nitrogen and oxygen atoms in total. The molecule has 2 heterocycles. The van der Waals surface area contributed by atoms with E-state index in [1.54, 1.807) is 0 Å². The van der Waals surface area contributed by atoms with Crippen molar-refractivity contribution in [3.05, 3.63) is 46.4 Å². The van der Waals surface area contributed by atoms with Crippen LogP contribution in [0.5, 0.6) is 0 Å².